The zero-order chi connectivity index (χ0) is 25.4. The quantitative estimate of drug-likeness (QED) is 0.0639. The third-order valence-corrected chi connectivity index (χ3v) is 7.81. The summed E-state index contributed by atoms with van der Waals surface area (Å²) in [4.78, 5) is 12.0. The molecule has 34 heavy (non-hydrogen) atoms. The summed E-state index contributed by atoms with van der Waals surface area (Å²) >= 11 is 0. The van der Waals surface area contributed by atoms with E-state index in [4.69, 9.17) is 9.05 Å². The van der Waals surface area contributed by atoms with E-state index in [0.29, 0.717) is 6.54 Å². The molecule has 0 rings (SSSR count). The highest BCUT2D eigenvalue weighted by atomic mass is 31.2. The fraction of sp³-hybridized carbons (Fsp3) is 1.00. The van der Waals surface area contributed by atoms with Gasteiger partial charge >= 0.3 is 0 Å². The van der Waals surface area contributed by atoms with Crippen LogP contribution in [0.1, 0.15) is 142 Å². The molecule has 6 heteroatoms. The minimum Gasteiger partial charge on any atom is -0.756 e. The van der Waals surface area contributed by atoms with Crippen LogP contribution in [0, 0.1) is 0 Å². The molecular formula is C28H60NO4P. The van der Waals surface area contributed by atoms with E-state index < -0.39 is 7.82 Å². The summed E-state index contributed by atoms with van der Waals surface area (Å²) in [6.45, 7) is 6.69. The van der Waals surface area contributed by atoms with Crippen molar-refractivity contribution in [3.8, 4) is 0 Å². The largest absolute Gasteiger partial charge is 0.756 e. The van der Waals surface area contributed by atoms with Gasteiger partial charge in [0.15, 0.2) is 0 Å². The highest BCUT2D eigenvalue weighted by Crippen LogP contribution is 2.38. The van der Waals surface area contributed by atoms with Crippen LogP contribution in [-0.2, 0) is 13.6 Å². The van der Waals surface area contributed by atoms with E-state index in [1.54, 1.807) is 0 Å². The van der Waals surface area contributed by atoms with E-state index in [1.807, 2.05) is 0 Å². The maximum Gasteiger partial charge on any atom is 0.268 e. The summed E-state index contributed by atoms with van der Waals surface area (Å²) in [6.07, 6.45) is 25.5. The van der Waals surface area contributed by atoms with Gasteiger partial charge in [0.1, 0.15) is 13.2 Å². The summed E-state index contributed by atoms with van der Waals surface area (Å²) in [5, 5.41) is 0. The molecule has 0 aromatic heterocycles. The Kier molecular flexibility index (Phi) is 23.5. The van der Waals surface area contributed by atoms with E-state index in [2.05, 4.69) is 27.9 Å². The molecule has 0 bridgehead atoms. The first-order chi connectivity index (χ1) is 16.3. The van der Waals surface area contributed by atoms with E-state index >= 15 is 0 Å². The number of hydrogen-bond donors (Lipinski definition) is 0. The van der Waals surface area contributed by atoms with E-state index in [1.165, 1.54) is 109 Å². The Hall–Kier alpha value is 0.0700. The van der Waals surface area contributed by atoms with Crippen molar-refractivity contribution in [1.29, 1.82) is 0 Å². The topological polar surface area (TPSA) is 58.6 Å². The minimum atomic E-state index is -4.17. The Balaban J connectivity index is 3.58. The lowest BCUT2D eigenvalue weighted by atomic mass is 10.1. The van der Waals surface area contributed by atoms with Crippen molar-refractivity contribution in [1.82, 2.24) is 0 Å². The van der Waals surface area contributed by atoms with Gasteiger partial charge in [0.2, 0.25) is 0 Å². The number of phosphoric acid groups is 1. The minimum absolute atomic E-state index is 0.198. The van der Waals surface area contributed by atoms with Gasteiger partial charge in [-0.15, -0.1) is 0 Å². The molecular weight excluding hydrogens is 445 g/mol. The molecule has 0 aromatic carbocycles. The lowest BCUT2D eigenvalue weighted by Gasteiger charge is -2.31. The molecule has 0 saturated heterocycles. The van der Waals surface area contributed by atoms with E-state index in [-0.39, 0.29) is 13.2 Å². The highest BCUT2D eigenvalue weighted by Gasteiger charge is 2.17. The molecule has 0 fully saturated rings. The number of rotatable bonds is 27. The molecule has 0 saturated carbocycles. The zero-order valence-electron chi connectivity index (χ0n) is 23.5. The molecule has 0 aliphatic heterocycles. The number of nitrogens with zero attached hydrogens (tertiary/aromatic N) is 1. The zero-order valence-corrected chi connectivity index (χ0v) is 24.4. The normalized spacial score (nSPS) is 13.9. The number of quaternary nitrogens is 1. The average molecular weight is 506 g/mol. The lowest BCUT2D eigenvalue weighted by Crippen LogP contribution is -2.43. The van der Waals surface area contributed by atoms with Crippen LogP contribution >= 0.6 is 7.82 Å². The summed E-state index contributed by atoms with van der Waals surface area (Å²) in [6, 6.07) is 0. The van der Waals surface area contributed by atoms with Crippen molar-refractivity contribution >= 4 is 7.82 Å². The molecule has 0 radical (unpaired) electrons. The van der Waals surface area contributed by atoms with Crippen LogP contribution in [0.3, 0.4) is 0 Å². The molecule has 0 N–H and O–H groups in total. The molecule has 0 amide bonds. The number of unbranched alkanes of at least 4 members (excludes halogenated alkanes) is 18. The number of likely N-dealkylation sites (N-methyl/N-ethyl adjacent to an activating group) is 1. The Labute approximate surface area is 213 Å². The molecule has 0 aromatic rings. The smallest absolute Gasteiger partial charge is 0.268 e. The standard InChI is InChI=1S/C28H60NO4P/c1-5-7-9-11-13-15-16-17-18-20-22-24-27-32-34(30,31)33-28-26-29(3,4)25-23-21-19-14-12-10-8-6-2/h5-28H2,1-4H3. The summed E-state index contributed by atoms with van der Waals surface area (Å²) in [5.41, 5.74) is 0. The molecule has 0 aliphatic rings. The van der Waals surface area contributed by atoms with Gasteiger partial charge in [-0.25, -0.2) is 0 Å². The van der Waals surface area contributed by atoms with Crippen molar-refractivity contribution in [2.45, 2.75) is 142 Å². The Morgan fingerprint density at radius 1 is 0.529 bits per heavy atom. The molecule has 0 spiro atoms. The second-order valence-corrected chi connectivity index (χ2v) is 12.3. The van der Waals surface area contributed by atoms with Crippen LogP contribution in [-0.4, -0.2) is 44.9 Å². The third kappa shape index (κ3) is 25.2. The van der Waals surface area contributed by atoms with Gasteiger partial charge in [0.25, 0.3) is 7.82 Å². The van der Waals surface area contributed by atoms with Gasteiger partial charge < -0.3 is 18.4 Å². The average Bonchev–Trinajstić information content (AvgIpc) is 2.78. The molecule has 206 valence electrons. The van der Waals surface area contributed by atoms with Gasteiger partial charge in [-0.1, -0.05) is 123 Å². The fourth-order valence-corrected chi connectivity index (χ4v) is 5.07. The molecule has 1 atom stereocenters. The Bertz CT molecular complexity index is 473. The SMILES string of the molecule is CCCCCCCCCCCCCCOP(=O)([O-])OCC[N+](C)(C)CCCCCCCCCC. The number of hydrogen-bond acceptors (Lipinski definition) is 4. The predicted octanol–water partition coefficient (Wildman–Crippen LogP) is 8.41. The summed E-state index contributed by atoms with van der Waals surface area (Å²) in [5.74, 6) is 0. The molecule has 5 nitrogen and oxygen atoms in total. The fourth-order valence-electron chi connectivity index (χ4n) is 4.34. The van der Waals surface area contributed by atoms with Crippen molar-refractivity contribution in [2.75, 3.05) is 40.4 Å². The first-order valence-corrected chi connectivity index (χ1v) is 16.2. The van der Waals surface area contributed by atoms with Crippen molar-refractivity contribution in [2.24, 2.45) is 0 Å². The van der Waals surface area contributed by atoms with Crippen LogP contribution in [0.2, 0.25) is 0 Å². The maximum atomic E-state index is 12.0. The number of phosphoric ester groups is 1. The van der Waals surface area contributed by atoms with Crippen molar-refractivity contribution in [3.63, 3.8) is 0 Å². The lowest BCUT2D eigenvalue weighted by molar-refractivity contribution is -0.890. The van der Waals surface area contributed by atoms with Crippen LogP contribution in [0.25, 0.3) is 0 Å². The molecule has 1 unspecified atom stereocenters. The second-order valence-electron chi connectivity index (χ2n) is 10.9. The van der Waals surface area contributed by atoms with Gasteiger partial charge in [0, 0.05) is 0 Å². The maximum absolute atomic E-state index is 12.0. The van der Waals surface area contributed by atoms with Crippen LogP contribution < -0.4 is 4.89 Å². The van der Waals surface area contributed by atoms with Gasteiger partial charge in [-0.3, -0.25) is 4.57 Å². The van der Waals surface area contributed by atoms with Gasteiger partial charge in [-0.2, -0.15) is 0 Å². The van der Waals surface area contributed by atoms with E-state index in [9.17, 15) is 9.46 Å². The third-order valence-electron chi connectivity index (χ3n) is 6.81. The van der Waals surface area contributed by atoms with Crippen molar-refractivity contribution in [3.05, 3.63) is 0 Å². The monoisotopic (exact) mass is 505 g/mol. The first kappa shape index (κ1) is 34.1. The summed E-state index contributed by atoms with van der Waals surface area (Å²) in [7, 11) is 0.122. The highest BCUT2D eigenvalue weighted by molar-refractivity contribution is 7.45. The Morgan fingerprint density at radius 3 is 1.32 bits per heavy atom. The molecule has 0 aliphatic carbocycles. The predicted molar refractivity (Wildman–Crippen MR) is 145 cm³/mol. The first-order valence-electron chi connectivity index (χ1n) is 14.7. The van der Waals surface area contributed by atoms with Gasteiger partial charge in [-0.05, 0) is 19.3 Å². The van der Waals surface area contributed by atoms with Crippen LogP contribution in [0.4, 0.5) is 0 Å². The van der Waals surface area contributed by atoms with Crippen molar-refractivity contribution < 1.29 is 23.0 Å². The van der Waals surface area contributed by atoms with Crippen LogP contribution in [0.15, 0.2) is 0 Å². The van der Waals surface area contributed by atoms with Crippen LogP contribution in [0.5, 0.6) is 0 Å². The molecule has 0 heterocycles. The summed E-state index contributed by atoms with van der Waals surface area (Å²) < 4.78 is 23.0. The Morgan fingerprint density at radius 2 is 0.882 bits per heavy atom. The van der Waals surface area contributed by atoms with Gasteiger partial charge in [0.05, 0.1) is 27.2 Å². The second kappa shape index (κ2) is 23.5. The van der Waals surface area contributed by atoms with E-state index in [0.717, 1.165) is 30.3 Å².